The Balaban J connectivity index is 2.32. The van der Waals surface area contributed by atoms with E-state index in [1.807, 2.05) is 0 Å². The summed E-state index contributed by atoms with van der Waals surface area (Å²) in [6, 6.07) is 0.844. The second-order valence-corrected chi connectivity index (χ2v) is 4.64. The first-order valence-electron chi connectivity index (χ1n) is 5.71. The molecule has 0 aromatic rings. The molecule has 2 unspecified atom stereocenters. The third-order valence-corrected chi connectivity index (χ3v) is 3.21. The van der Waals surface area contributed by atoms with Crippen LogP contribution in [0.1, 0.15) is 19.3 Å². The van der Waals surface area contributed by atoms with Crippen molar-refractivity contribution < 1.29 is 0 Å². The summed E-state index contributed by atoms with van der Waals surface area (Å²) in [4.78, 5) is 4.79. The molecular formula is C12H23N3. The highest BCUT2D eigenvalue weighted by atomic mass is 15.3. The van der Waals surface area contributed by atoms with Crippen LogP contribution in [0.5, 0.6) is 0 Å². The number of hydrogen-bond acceptors (Lipinski definition) is 3. The third kappa shape index (κ3) is 4.21. The lowest BCUT2D eigenvalue weighted by Crippen LogP contribution is -2.51. The van der Waals surface area contributed by atoms with E-state index >= 15 is 0 Å². The zero-order valence-corrected chi connectivity index (χ0v) is 9.95. The monoisotopic (exact) mass is 209 g/mol. The van der Waals surface area contributed by atoms with E-state index in [1.54, 1.807) is 0 Å². The van der Waals surface area contributed by atoms with Gasteiger partial charge >= 0.3 is 0 Å². The van der Waals surface area contributed by atoms with Gasteiger partial charge in [-0.2, -0.15) is 0 Å². The Morgan fingerprint density at radius 2 is 2.20 bits per heavy atom. The largest absolute Gasteiger partial charge is 0.328 e. The third-order valence-electron chi connectivity index (χ3n) is 3.21. The predicted octanol–water partition coefficient (Wildman–Crippen LogP) is 0.363. The highest BCUT2D eigenvalue weighted by Crippen LogP contribution is 2.12. The van der Waals surface area contributed by atoms with Crippen LogP contribution in [0, 0.1) is 12.3 Å². The molecule has 1 aliphatic heterocycles. The van der Waals surface area contributed by atoms with Crippen molar-refractivity contribution in [3.63, 3.8) is 0 Å². The van der Waals surface area contributed by atoms with Crippen molar-refractivity contribution in [1.29, 1.82) is 0 Å². The van der Waals surface area contributed by atoms with Gasteiger partial charge in [0.15, 0.2) is 0 Å². The molecule has 1 aliphatic rings. The number of nitrogens with zero attached hydrogens (tertiary/aromatic N) is 2. The number of hydrogen-bond donors (Lipinski definition) is 1. The number of likely N-dealkylation sites (N-methyl/N-ethyl adjacent to an activating group) is 2. The van der Waals surface area contributed by atoms with Gasteiger partial charge in [0.05, 0.1) is 0 Å². The maximum Gasteiger partial charge on any atom is 0.0235 e. The van der Waals surface area contributed by atoms with Gasteiger partial charge in [0.1, 0.15) is 0 Å². The fourth-order valence-electron chi connectivity index (χ4n) is 2.09. The molecule has 0 spiro atoms. The Bertz CT molecular complexity index is 221. The molecule has 2 atom stereocenters. The van der Waals surface area contributed by atoms with E-state index < -0.39 is 0 Å². The first kappa shape index (κ1) is 12.5. The SMILES string of the molecule is C#CCCC(N)CC1CN(C)CCN1C. The van der Waals surface area contributed by atoms with Crippen LogP contribution in [0.2, 0.25) is 0 Å². The highest BCUT2D eigenvalue weighted by Gasteiger charge is 2.23. The van der Waals surface area contributed by atoms with Gasteiger partial charge in [-0.05, 0) is 26.9 Å². The minimum Gasteiger partial charge on any atom is -0.328 e. The molecule has 86 valence electrons. The molecule has 0 aromatic carbocycles. The van der Waals surface area contributed by atoms with E-state index in [1.165, 1.54) is 0 Å². The topological polar surface area (TPSA) is 32.5 Å². The van der Waals surface area contributed by atoms with Gasteiger partial charge in [-0.25, -0.2) is 0 Å². The first-order chi connectivity index (χ1) is 7.13. The van der Waals surface area contributed by atoms with Crippen LogP contribution in [-0.4, -0.2) is 55.6 Å². The Labute approximate surface area is 93.6 Å². The molecule has 15 heavy (non-hydrogen) atoms. The van der Waals surface area contributed by atoms with Gasteiger partial charge in [0.2, 0.25) is 0 Å². The minimum absolute atomic E-state index is 0.250. The first-order valence-corrected chi connectivity index (χ1v) is 5.71. The molecule has 0 bridgehead atoms. The molecule has 3 heteroatoms. The summed E-state index contributed by atoms with van der Waals surface area (Å²) in [5.74, 6) is 2.65. The minimum atomic E-state index is 0.250. The molecule has 0 amide bonds. The van der Waals surface area contributed by atoms with Gasteiger partial charge in [0, 0.05) is 38.1 Å². The zero-order valence-electron chi connectivity index (χ0n) is 9.95. The van der Waals surface area contributed by atoms with E-state index in [4.69, 9.17) is 12.2 Å². The molecule has 2 N–H and O–H groups in total. The summed E-state index contributed by atoms with van der Waals surface area (Å²) in [6.07, 6.45) is 8.04. The van der Waals surface area contributed by atoms with Crippen LogP contribution >= 0.6 is 0 Å². The van der Waals surface area contributed by atoms with Crippen LogP contribution in [0.15, 0.2) is 0 Å². The van der Waals surface area contributed by atoms with Crippen molar-refractivity contribution in [1.82, 2.24) is 9.80 Å². The summed E-state index contributed by atoms with van der Waals surface area (Å²) in [5, 5.41) is 0. The average Bonchev–Trinajstić information content (AvgIpc) is 2.20. The summed E-state index contributed by atoms with van der Waals surface area (Å²) in [7, 11) is 4.36. The Kier molecular flexibility index (Phi) is 5.10. The van der Waals surface area contributed by atoms with Gasteiger partial charge in [-0.15, -0.1) is 12.3 Å². The fourth-order valence-corrected chi connectivity index (χ4v) is 2.09. The number of rotatable bonds is 4. The second-order valence-electron chi connectivity index (χ2n) is 4.64. The molecule has 0 aliphatic carbocycles. The van der Waals surface area contributed by atoms with Gasteiger partial charge < -0.3 is 15.5 Å². The van der Waals surface area contributed by atoms with Gasteiger partial charge in [-0.3, -0.25) is 0 Å². The maximum atomic E-state index is 6.06. The zero-order chi connectivity index (χ0) is 11.3. The van der Waals surface area contributed by atoms with E-state index in [9.17, 15) is 0 Å². The number of nitrogens with two attached hydrogens (primary N) is 1. The fraction of sp³-hybridized carbons (Fsp3) is 0.833. The van der Waals surface area contributed by atoms with Crippen LogP contribution in [0.25, 0.3) is 0 Å². The predicted molar refractivity (Wildman–Crippen MR) is 64.6 cm³/mol. The van der Waals surface area contributed by atoms with Crippen molar-refractivity contribution in [2.75, 3.05) is 33.7 Å². The lowest BCUT2D eigenvalue weighted by Gasteiger charge is -2.38. The van der Waals surface area contributed by atoms with Crippen molar-refractivity contribution in [3.05, 3.63) is 0 Å². The smallest absolute Gasteiger partial charge is 0.0235 e. The molecule has 1 saturated heterocycles. The molecule has 0 saturated carbocycles. The summed E-state index contributed by atoms with van der Waals surface area (Å²) < 4.78 is 0. The van der Waals surface area contributed by atoms with Crippen LogP contribution in [-0.2, 0) is 0 Å². The standard InChI is InChI=1S/C12H23N3/c1-4-5-6-11(13)9-12-10-14(2)7-8-15(12)3/h1,11-12H,5-10,13H2,2-3H3. The molecule has 1 rings (SSSR count). The Morgan fingerprint density at radius 1 is 1.47 bits per heavy atom. The van der Waals surface area contributed by atoms with E-state index in [-0.39, 0.29) is 6.04 Å². The van der Waals surface area contributed by atoms with Crippen molar-refractivity contribution >= 4 is 0 Å². The summed E-state index contributed by atoms with van der Waals surface area (Å²) in [5.41, 5.74) is 6.06. The number of terminal acetylenes is 1. The van der Waals surface area contributed by atoms with E-state index in [0.29, 0.717) is 6.04 Å². The Hall–Kier alpha value is -0.560. The van der Waals surface area contributed by atoms with E-state index in [2.05, 4.69) is 29.8 Å². The lowest BCUT2D eigenvalue weighted by molar-refractivity contribution is 0.103. The second kappa shape index (κ2) is 6.12. The van der Waals surface area contributed by atoms with Crippen LogP contribution in [0.3, 0.4) is 0 Å². The van der Waals surface area contributed by atoms with Crippen LogP contribution < -0.4 is 5.73 Å². The summed E-state index contributed by atoms with van der Waals surface area (Å²) in [6.45, 7) is 3.43. The molecule has 3 nitrogen and oxygen atoms in total. The van der Waals surface area contributed by atoms with Crippen molar-refractivity contribution in [3.8, 4) is 12.3 Å². The van der Waals surface area contributed by atoms with Crippen molar-refractivity contribution in [2.45, 2.75) is 31.3 Å². The van der Waals surface area contributed by atoms with Gasteiger partial charge in [0.25, 0.3) is 0 Å². The Morgan fingerprint density at radius 3 is 2.87 bits per heavy atom. The quantitative estimate of drug-likeness (QED) is 0.679. The average molecular weight is 209 g/mol. The van der Waals surface area contributed by atoms with Crippen molar-refractivity contribution in [2.24, 2.45) is 5.73 Å². The van der Waals surface area contributed by atoms with Crippen LogP contribution in [0.4, 0.5) is 0 Å². The lowest BCUT2D eigenvalue weighted by atomic mass is 10.0. The highest BCUT2D eigenvalue weighted by molar-refractivity contribution is 4.87. The maximum absolute atomic E-state index is 6.06. The molecule has 0 aromatic heterocycles. The summed E-state index contributed by atoms with van der Waals surface area (Å²) >= 11 is 0. The molecule has 1 fully saturated rings. The number of piperazine rings is 1. The van der Waals surface area contributed by atoms with Gasteiger partial charge in [-0.1, -0.05) is 0 Å². The normalized spacial score (nSPS) is 26.1. The molecule has 1 heterocycles. The van der Waals surface area contributed by atoms with E-state index in [0.717, 1.165) is 38.9 Å². The molecular weight excluding hydrogens is 186 g/mol. The molecule has 0 radical (unpaired) electrons.